The lowest BCUT2D eigenvalue weighted by Gasteiger charge is -2.22. The second-order valence-corrected chi connectivity index (χ2v) is 8.20. The minimum Gasteiger partial charge on any atom is -0.493 e. The number of methoxy groups -OCH3 is 4. The highest BCUT2D eigenvalue weighted by Crippen LogP contribution is 2.44. The number of hydrogen-bond donors (Lipinski definition) is 0. The van der Waals surface area contributed by atoms with Crippen molar-refractivity contribution in [2.24, 2.45) is 0 Å². The molecule has 1 amide bonds. The van der Waals surface area contributed by atoms with Crippen molar-refractivity contribution in [2.75, 3.05) is 48.6 Å². The van der Waals surface area contributed by atoms with Crippen LogP contribution in [-0.2, 0) is 16.0 Å². The summed E-state index contributed by atoms with van der Waals surface area (Å²) >= 11 is 0. The second-order valence-electron chi connectivity index (χ2n) is 8.20. The third-order valence-electron chi connectivity index (χ3n) is 6.35. The van der Waals surface area contributed by atoms with Crippen LogP contribution < -0.4 is 18.9 Å². The lowest BCUT2D eigenvalue weighted by Crippen LogP contribution is -2.37. The molecular formula is C26H31NO6. The molecule has 0 aromatic heterocycles. The Labute approximate surface area is 194 Å². The number of hydrogen-bond acceptors (Lipinski definition) is 6. The number of amides is 1. The molecule has 176 valence electrons. The number of likely N-dealkylation sites (N-methyl/N-ethyl adjacent to an activating group) is 1. The summed E-state index contributed by atoms with van der Waals surface area (Å²) < 4.78 is 28.1. The molecule has 1 aliphatic heterocycles. The standard InChI is InChI=1S/C26H31NO6/c1-27(26(28)20-7-6-12-33-20)11-10-17-14-23(31-4)25(32-5)24-18(17)9-8-16-13-21(29-2)22(30-3)15-19(16)24/h8-9,13-15,20H,6-7,10-12H2,1-5H3/t20-/m0/s1. The molecule has 0 bridgehead atoms. The van der Waals surface area contributed by atoms with Crippen LogP contribution in [0.15, 0.2) is 30.3 Å². The van der Waals surface area contributed by atoms with E-state index >= 15 is 0 Å². The average Bonchev–Trinajstić information content (AvgIpc) is 3.39. The molecule has 0 spiro atoms. The highest BCUT2D eigenvalue weighted by Gasteiger charge is 2.26. The average molecular weight is 454 g/mol. The first kappa shape index (κ1) is 23.0. The zero-order chi connectivity index (χ0) is 23.5. The maximum Gasteiger partial charge on any atom is 0.251 e. The van der Waals surface area contributed by atoms with E-state index in [1.54, 1.807) is 33.3 Å². The lowest BCUT2D eigenvalue weighted by atomic mass is 9.95. The molecular weight excluding hydrogens is 422 g/mol. The van der Waals surface area contributed by atoms with Crippen molar-refractivity contribution in [1.82, 2.24) is 4.90 Å². The van der Waals surface area contributed by atoms with Crippen LogP contribution in [0.4, 0.5) is 0 Å². The Morgan fingerprint density at radius 2 is 1.70 bits per heavy atom. The van der Waals surface area contributed by atoms with Crippen LogP contribution in [0.1, 0.15) is 18.4 Å². The normalized spacial score (nSPS) is 15.6. The van der Waals surface area contributed by atoms with Gasteiger partial charge in [-0.3, -0.25) is 4.79 Å². The Balaban J connectivity index is 1.79. The van der Waals surface area contributed by atoms with E-state index in [2.05, 4.69) is 12.1 Å². The zero-order valence-electron chi connectivity index (χ0n) is 19.9. The first-order valence-electron chi connectivity index (χ1n) is 11.1. The fraction of sp³-hybridized carbons (Fsp3) is 0.423. The van der Waals surface area contributed by atoms with Gasteiger partial charge in [0.1, 0.15) is 6.10 Å². The minimum atomic E-state index is -0.316. The van der Waals surface area contributed by atoms with Crippen molar-refractivity contribution in [1.29, 1.82) is 0 Å². The highest BCUT2D eigenvalue weighted by atomic mass is 16.5. The number of carbonyl (C=O) groups is 1. The molecule has 1 aliphatic rings. The minimum absolute atomic E-state index is 0.0413. The summed E-state index contributed by atoms with van der Waals surface area (Å²) in [5.74, 6) is 2.67. The van der Waals surface area contributed by atoms with Gasteiger partial charge in [-0.15, -0.1) is 0 Å². The van der Waals surface area contributed by atoms with Crippen LogP contribution >= 0.6 is 0 Å². The number of nitrogens with zero attached hydrogens (tertiary/aromatic N) is 1. The van der Waals surface area contributed by atoms with Crippen LogP contribution in [-0.4, -0.2) is 65.5 Å². The zero-order valence-corrected chi connectivity index (χ0v) is 19.9. The van der Waals surface area contributed by atoms with E-state index in [-0.39, 0.29) is 12.0 Å². The van der Waals surface area contributed by atoms with Gasteiger partial charge in [-0.1, -0.05) is 12.1 Å². The van der Waals surface area contributed by atoms with E-state index in [0.29, 0.717) is 42.6 Å². The Morgan fingerprint density at radius 1 is 0.970 bits per heavy atom. The third kappa shape index (κ3) is 4.25. The maximum absolute atomic E-state index is 12.7. The molecule has 1 saturated heterocycles. The van der Waals surface area contributed by atoms with Crippen molar-refractivity contribution in [3.8, 4) is 23.0 Å². The lowest BCUT2D eigenvalue weighted by molar-refractivity contribution is -0.139. The number of rotatable bonds is 8. The van der Waals surface area contributed by atoms with Crippen molar-refractivity contribution < 1.29 is 28.5 Å². The van der Waals surface area contributed by atoms with Gasteiger partial charge < -0.3 is 28.6 Å². The van der Waals surface area contributed by atoms with Crippen LogP contribution in [0.3, 0.4) is 0 Å². The SMILES string of the molecule is COc1cc2ccc3c(CCN(C)C(=O)[C@@H]4CCCO4)cc(OC)c(OC)c3c2cc1OC. The van der Waals surface area contributed by atoms with Gasteiger partial charge >= 0.3 is 0 Å². The molecule has 1 heterocycles. The number of carbonyl (C=O) groups excluding carboxylic acids is 1. The van der Waals surface area contributed by atoms with Crippen molar-refractivity contribution in [3.63, 3.8) is 0 Å². The van der Waals surface area contributed by atoms with Crippen LogP contribution in [0.25, 0.3) is 21.5 Å². The van der Waals surface area contributed by atoms with Gasteiger partial charge in [0, 0.05) is 25.6 Å². The van der Waals surface area contributed by atoms with E-state index in [0.717, 1.165) is 39.9 Å². The topological polar surface area (TPSA) is 66.5 Å². The third-order valence-corrected chi connectivity index (χ3v) is 6.35. The molecule has 7 nitrogen and oxygen atoms in total. The molecule has 7 heteroatoms. The summed E-state index contributed by atoms with van der Waals surface area (Å²) in [4.78, 5) is 14.4. The molecule has 0 unspecified atom stereocenters. The molecule has 1 fully saturated rings. The van der Waals surface area contributed by atoms with Gasteiger partial charge in [0.2, 0.25) is 0 Å². The maximum atomic E-state index is 12.7. The summed E-state index contributed by atoms with van der Waals surface area (Å²) in [6.07, 6.45) is 2.08. The Hall–Kier alpha value is -3.19. The van der Waals surface area contributed by atoms with Gasteiger partial charge in [0.05, 0.1) is 28.4 Å². The predicted octanol–water partition coefficient (Wildman–Crippen LogP) is 4.21. The van der Waals surface area contributed by atoms with Crippen LogP contribution in [0.2, 0.25) is 0 Å². The van der Waals surface area contributed by atoms with Crippen LogP contribution in [0.5, 0.6) is 23.0 Å². The van der Waals surface area contributed by atoms with E-state index in [4.69, 9.17) is 23.7 Å². The Bertz CT molecular complexity index is 1170. The quantitative estimate of drug-likeness (QED) is 0.476. The number of benzene rings is 3. The highest BCUT2D eigenvalue weighted by molar-refractivity contribution is 6.13. The predicted molar refractivity (Wildman–Crippen MR) is 128 cm³/mol. The van der Waals surface area contributed by atoms with Crippen LogP contribution in [0, 0.1) is 0 Å². The van der Waals surface area contributed by atoms with E-state index < -0.39 is 0 Å². The largest absolute Gasteiger partial charge is 0.493 e. The summed E-state index contributed by atoms with van der Waals surface area (Å²) in [7, 11) is 8.36. The van der Waals surface area contributed by atoms with E-state index in [1.165, 1.54) is 0 Å². The van der Waals surface area contributed by atoms with Gasteiger partial charge in [0.25, 0.3) is 5.91 Å². The monoisotopic (exact) mass is 453 g/mol. The smallest absolute Gasteiger partial charge is 0.251 e. The molecule has 0 N–H and O–H groups in total. The Kier molecular flexibility index (Phi) is 6.79. The number of fused-ring (bicyclic) bond motifs is 3. The fourth-order valence-electron chi connectivity index (χ4n) is 4.57. The van der Waals surface area contributed by atoms with Gasteiger partial charge in [-0.25, -0.2) is 0 Å². The van der Waals surface area contributed by atoms with Crippen molar-refractivity contribution in [2.45, 2.75) is 25.4 Å². The molecule has 0 aliphatic carbocycles. The van der Waals surface area contributed by atoms with Gasteiger partial charge in [-0.2, -0.15) is 0 Å². The molecule has 4 rings (SSSR count). The molecule has 3 aromatic carbocycles. The fourth-order valence-corrected chi connectivity index (χ4v) is 4.57. The molecule has 3 aromatic rings. The van der Waals surface area contributed by atoms with Crippen molar-refractivity contribution >= 4 is 27.5 Å². The van der Waals surface area contributed by atoms with Crippen molar-refractivity contribution in [3.05, 3.63) is 35.9 Å². The molecule has 0 radical (unpaired) electrons. The summed E-state index contributed by atoms with van der Waals surface area (Å²) in [5.41, 5.74) is 1.08. The summed E-state index contributed by atoms with van der Waals surface area (Å²) in [6, 6.07) is 10.1. The second kappa shape index (κ2) is 9.75. The van der Waals surface area contributed by atoms with E-state index in [9.17, 15) is 4.79 Å². The summed E-state index contributed by atoms with van der Waals surface area (Å²) in [6.45, 7) is 1.24. The molecule has 1 atom stereocenters. The molecule has 33 heavy (non-hydrogen) atoms. The Morgan fingerprint density at radius 3 is 2.33 bits per heavy atom. The summed E-state index contributed by atoms with van der Waals surface area (Å²) in [5, 5.41) is 3.97. The molecule has 0 saturated carbocycles. The van der Waals surface area contributed by atoms with Gasteiger partial charge in [0.15, 0.2) is 23.0 Å². The first-order chi connectivity index (χ1) is 16.0. The number of ether oxygens (including phenoxy) is 5. The van der Waals surface area contributed by atoms with E-state index in [1.807, 2.05) is 25.2 Å². The van der Waals surface area contributed by atoms with Gasteiger partial charge in [-0.05, 0) is 59.2 Å². The first-order valence-corrected chi connectivity index (χ1v) is 11.1.